The lowest BCUT2D eigenvalue weighted by molar-refractivity contribution is 0.125. The van der Waals surface area contributed by atoms with Gasteiger partial charge in [0, 0.05) is 19.6 Å². The fraction of sp³-hybridized carbons (Fsp3) is 0.667. The minimum atomic E-state index is 0.806. The smallest absolute Gasteiger partial charge is 0.119 e. The summed E-state index contributed by atoms with van der Waals surface area (Å²) < 4.78 is 5.83. The molecule has 0 amide bonds. The van der Waals surface area contributed by atoms with Gasteiger partial charge in [-0.3, -0.25) is 4.90 Å². The summed E-state index contributed by atoms with van der Waals surface area (Å²) in [5.74, 6) is 1.86. The van der Waals surface area contributed by atoms with Crippen LogP contribution in [0, 0.1) is 5.92 Å². The van der Waals surface area contributed by atoms with Gasteiger partial charge in [-0.1, -0.05) is 18.2 Å². The molecule has 0 aromatic heterocycles. The number of nitrogens with zero attached hydrogens (tertiary/aromatic N) is 2. The van der Waals surface area contributed by atoms with Gasteiger partial charge >= 0.3 is 0 Å². The van der Waals surface area contributed by atoms with Crippen LogP contribution in [0.4, 0.5) is 0 Å². The van der Waals surface area contributed by atoms with Crippen LogP contribution in [0.2, 0.25) is 0 Å². The molecule has 1 unspecified atom stereocenters. The van der Waals surface area contributed by atoms with Crippen LogP contribution in [-0.4, -0.2) is 55.7 Å². The number of rotatable bonds is 6. The number of para-hydroxylation sites is 1. The average molecular weight is 288 g/mol. The fourth-order valence-corrected chi connectivity index (χ4v) is 3.64. The summed E-state index contributed by atoms with van der Waals surface area (Å²) in [6, 6.07) is 10.2. The van der Waals surface area contributed by atoms with Crippen molar-refractivity contribution in [2.24, 2.45) is 5.92 Å². The molecule has 3 heteroatoms. The van der Waals surface area contributed by atoms with Crippen molar-refractivity contribution in [1.82, 2.24) is 9.80 Å². The minimum Gasteiger partial charge on any atom is -0.492 e. The van der Waals surface area contributed by atoms with Gasteiger partial charge in [-0.25, -0.2) is 0 Å². The second-order valence-electron chi connectivity index (χ2n) is 6.48. The quantitative estimate of drug-likeness (QED) is 0.800. The second kappa shape index (κ2) is 7.81. The van der Waals surface area contributed by atoms with Gasteiger partial charge in [0.05, 0.1) is 0 Å². The van der Waals surface area contributed by atoms with Gasteiger partial charge in [0.15, 0.2) is 0 Å². The van der Waals surface area contributed by atoms with Gasteiger partial charge in [-0.05, 0) is 63.4 Å². The molecule has 2 heterocycles. The Kier molecular flexibility index (Phi) is 5.53. The van der Waals surface area contributed by atoms with Crippen molar-refractivity contribution in [3.63, 3.8) is 0 Å². The Morgan fingerprint density at radius 3 is 2.52 bits per heavy atom. The highest BCUT2D eigenvalue weighted by molar-refractivity contribution is 5.20. The summed E-state index contributed by atoms with van der Waals surface area (Å²) in [6.07, 6.45) is 5.57. The Morgan fingerprint density at radius 1 is 0.952 bits per heavy atom. The van der Waals surface area contributed by atoms with Crippen molar-refractivity contribution in [2.75, 3.05) is 45.9 Å². The second-order valence-corrected chi connectivity index (χ2v) is 6.48. The number of ether oxygens (including phenoxy) is 1. The first-order valence-electron chi connectivity index (χ1n) is 8.53. The first-order valence-corrected chi connectivity index (χ1v) is 8.53. The van der Waals surface area contributed by atoms with E-state index in [2.05, 4.69) is 9.80 Å². The molecule has 0 bridgehead atoms. The number of hydrogen-bond acceptors (Lipinski definition) is 3. The molecule has 0 saturated carbocycles. The van der Waals surface area contributed by atoms with Gasteiger partial charge < -0.3 is 9.64 Å². The third kappa shape index (κ3) is 4.72. The lowest BCUT2D eigenvalue weighted by Gasteiger charge is -2.34. The molecule has 2 aliphatic rings. The van der Waals surface area contributed by atoms with E-state index in [9.17, 15) is 0 Å². The molecule has 3 rings (SSSR count). The van der Waals surface area contributed by atoms with Crippen LogP contribution in [0.25, 0.3) is 0 Å². The minimum absolute atomic E-state index is 0.806. The maximum absolute atomic E-state index is 5.83. The van der Waals surface area contributed by atoms with Crippen LogP contribution in [-0.2, 0) is 0 Å². The fourth-order valence-electron chi connectivity index (χ4n) is 3.64. The molecule has 0 spiro atoms. The summed E-state index contributed by atoms with van der Waals surface area (Å²) in [6.45, 7) is 8.34. The van der Waals surface area contributed by atoms with Crippen LogP contribution < -0.4 is 4.74 Å². The Bertz CT molecular complexity index is 403. The van der Waals surface area contributed by atoms with Crippen molar-refractivity contribution in [3.8, 4) is 5.75 Å². The summed E-state index contributed by atoms with van der Waals surface area (Å²) in [5.41, 5.74) is 0. The Balaban J connectivity index is 1.37. The van der Waals surface area contributed by atoms with Crippen molar-refractivity contribution < 1.29 is 4.74 Å². The predicted molar refractivity (Wildman–Crippen MR) is 86.8 cm³/mol. The van der Waals surface area contributed by atoms with E-state index in [-0.39, 0.29) is 0 Å². The van der Waals surface area contributed by atoms with E-state index in [1.807, 2.05) is 30.3 Å². The third-order valence-electron chi connectivity index (χ3n) is 4.74. The molecule has 3 nitrogen and oxygen atoms in total. The zero-order valence-electron chi connectivity index (χ0n) is 13.0. The third-order valence-corrected chi connectivity index (χ3v) is 4.74. The molecule has 2 saturated heterocycles. The topological polar surface area (TPSA) is 15.7 Å². The van der Waals surface area contributed by atoms with Gasteiger partial charge in [-0.15, -0.1) is 0 Å². The molecule has 1 aromatic rings. The molecule has 0 aliphatic carbocycles. The molecular formula is C18H28N2O. The maximum Gasteiger partial charge on any atom is 0.119 e. The van der Waals surface area contributed by atoms with Gasteiger partial charge in [-0.2, -0.15) is 0 Å². The van der Waals surface area contributed by atoms with Gasteiger partial charge in [0.2, 0.25) is 0 Å². The molecule has 1 atom stereocenters. The van der Waals surface area contributed by atoms with E-state index < -0.39 is 0 Å². The molecule has 116 valence electrons. The molecule has 2 fully saturated rings. The van der Waals surface area contributed by atoms with Crippen molar-refractivity contribution in [3.05, 3.63) is 30.3 Å². The standard InChI is InChI=1S/C18H28N2O/c1-2-8-18(9-3-1)21-14-13-20-12-6-7-17(16-20)15-19-10-4-5-11-19/h1-3,8-9,17H,4-7,10-16H2. The number of benzene rings is 1. The molecule has 21 heavy (non-hydrogen) atoms. The summed E-state index contributed by atoms with van der Waals surface area (Å²) in [5, 5.41) is 0. The Morgan fingerprint density at radius 2 is 1.71 bits per heavy atom. The lowest BCUT2D eigenvalue weighted by Crippen LogP contribution is -2.41. The first kappa shape index (κ1) is 14.9. The number of piperidine rings is 1. The predicted octanol–water partition coefficient (Wildman–Crippen LogP) is 2.87. The van der Waals surface area contributed by atoms with Crippen molar-refractivity contribution >= 4 is 0 Å². The monoisotopic (exact) mass is 288 g/mol. The lowest BCUT2D eigenvalue weighted by atomic mass is 9.97. The Labute approximate surface area is 128 Å². The van der Waals surface area contributed by atoms with Crippen LogP contribution in [0.15, 0.2) is 30.3 Å². The number of hydrogen-bond donors (Lipinski definition) is 0. The van der Waals surface area contributed by atoms with E-state index in [1.54, 1.807) is 0 Å². The largest absolute Gasteiger partial charge is 0.492 e. The SMILES string of the molecule is c1ccc(OCCN2CCCC(CN3CCCC3)C2)cc1. The van der Waals surface area contributed by atoms with E-state index in [0.29, 0.717) is 0 Å². The number of likely N-dealkylation sites (tertiary alicyclic amines) is 2. The highest BCUT2D eigenvalue weighted by Gasteiger charge is 2.23. The summed E-state index contributed by atoms with van der Waals surface area (Å²) in [7, 11) is 0. The maximum atomic E-state index is 5.83. The van der Waals surface area contributed by atoms with Gasteiger partial charge in [0.25, 0.3) is 0 Å². The molecular weight excluding hydrogens is 260 g/mol. The van der Waals surface area contributed by atoms with E-state index in [1.165, 1.54) is 58.4 Å². The first-order chi connectivity index (χ1) is 10.4. The zero-order chi connectivity index (χ0) is 14.3. The zero-order valence-corrected chi connectivity index (χ0v) is 13.0. The molecule has 0 N–H and O–H groups in total. The normalized spacial score (nSPS) is 24.3. The van der Waals surface area contributed by atoms with Gasteiger partial charge in [0.1, 0.15) is 12.4 Å². The van der Waals surface area contributed by atoms with Crippen LogP contribution in [0.1, 0.15) is 25.7 Å². The average Bonchev–Trinajstić information content (AvgIpc) is 3.02. The van der Waals surface area contributed by atoms with E-state index in [0.717, 1.165) is 24.8 Å². The van der Waals surface area contributed by atoms with Crippen molar-refractivity contribution in [1.29, 1.82) is 0 Å². The van der Waals surface area contributed by atoms with Crippen LogP contribution in [0.5, 0.6) is 5.75 Å². The highest BCUT2D eigenvalue weighted by Crippen LogP contribution is 2.20. The summed E-state index contributed by atoms with van der Waals surface area (Å²) in [4.78, 5) is 5.25. The molecule has 2 aliphatic heterocycles. The molecule has 0 radical (unpaired) electrons. The van der Waals surface area contributed by atoms with Crippen LogP contribution >= 0.6 is 0 Å². The highest BCUT2D eigenvalue weighted by atomic mass is 16.5. The molecule has 1 aromatic carbocycles. The van der Waals surface area contributed by atoms with Crippen LogP contribution in [0.3, 0.4) is 0 Å². The van der Waals surface area contributed by atoms with E-state index >= 15 is 0 Å². The Hall–Kier alpha value is -1.06. The van der Waals surface area contributed by atoms with E-state index in [4.69, 9.17) is 4.74 Å². The van der Waals surface area contributed by atoms with Crippen molar-refractivity contribution in [2.45, 2.75) is 25.7 Å². The summed E-state index contributed by atoms with van der Waals surface area (Å²) >= 11 is 0.